The molecule has 6 nitrogen and oxygen atoms in total. The van der Waals surface area contributed by atoms with Crippen molar-refractivity contribution in [1.29, 1.82) is 0 Å². The maximum absolute atomic E-state index is 13.6. The van der Waals surface area contributed by atoms with Crippen molar-refractivity contribution >= 4 is 17.9 Å². The van der Waals surface area contributed by atoms with Crippen LogP contribution in [0.25, 0.3) is 0 Å². The van der Waals surface area contributed by atoms with Crippen molar-refractivity contribution in [3.05, 3.63) is 35.9 Å². The van der Waals surface area contributed by atoms with Crippen LogP contribution in [0.15, 0.2) is 30.3 Å². The molecule has 1 saturated carbocycles. The monoisotopic (exact) mass is 426 g/mol. The molecule has 1 aliphatic carbocycles. The number of carbonyl (C=O) groups is 3. The number of nitrogens with one attached hydrogen (secondary N) is 1. The van der Waals surface area contributed by atoms with Crippen LogP contribution in [-0.4, -0.2) is 46.2 Å². The van der Waals surface area contributed by atoms with Crippen molar-refractivity contribution < 1.29 is 32.7 Å². The predicted octanol–water partition coefficient (Wildman–Crippen LogP) is 3.61. The van der Waals surface area contributed by atoms with E-state index in [0.717, 1.165) is 0 Å². The standard InChI is InChI=1S/C21H25F3N2O4/c1-12-7-9-14(10-8-12)17(21(22,23)24)25-20(30)26-16(19(28)29)15(18(26)27)11-13-5-3-2-4-6-13/h2-6,12,14-17H,7-11H2,1H3,(H,25,30)(H,28,29)/t12?,14?,15-,16+,17+/m1/s1. The van der Waals surface area contributed by atoms with Gasteiger partial charge in [-0.1, -0.05) is 50.1 Å². The molecular weight excluding hydrogens is 401 g/mol. The Morgan fingerprint density at radius 1 is 1.17 bits per heavy atom. The minimum absolute atomic E-state index is 0.101. The highest BCUT2D eigenvalue weighted by molar-refractivity contribution is 6.07. The zero-order valence-corrected chi connectivity index (χ0v) is 16.6. The third kappa shape index (κ3) is 4.60. The van der Waals surface area contributed by atoms with Gasteiger partial charge in [0, 0.05) is 0 Å². The number of carbonyl (C=O) groups excluding carboxylic acids is 2. The number of halogens is 3. The number of urea groups is 1. The number of rotatable bonds is 5. The van der Waals surface area contributed by atoms with Crippen molar-refractivity contribution in [3.63, 3.8) is 0 Å². The summed E-state index contributed by atoms with van der Waals surface area (Å²) in [5.74, 6) is -3.64. The van der Waals surface area contributed by atoms with Gasteiger partial charge in [0.05, 0.1) is 5.92 Å². The van der Waals surface area contributed by atoms with Crippen molar-refractivity contribution in [2.75, 3.05) is 0 Å². The van der Waals surface area contributed by atoms with Gasteiger partial charge in [0.2, 0.25) is 5.91 Å². The Bertz CT molecular complexity index is 791. The molecule has 2 fully saturated rings. The summed E-state index contributed by atoms with van der Waals surface area (Å²) < 4.78 is 40.9. The number of nitrogens with zero attached hydrogens (tertiary/aromatic N) is 1. The van der Waals surface area contributed by atoms with Crippen molar-refractivity contribution in [2.24, 2.45) is 17.8 Å². The lowest BCUT2D eigenvalue weighted by atomic mass is 9.79. The molecular formula is C21H25F3N2O4. The van der Waals surface area contributed by atoms with Crippen molar-refractivity contribution in [1.82, 2.24) is 10.2 Å². The van der Waals surface area contributed by atoms with Crippen molar-refractivity contribution in [2.45, 2.75) is 57.3 Å². The lowest BCUT2D eigenvalue weighted by Crippen LogP contribution is -2.70. The molecule has 1 aliphatic heterocycles. The van der Waals surface area contributed by atoms with Crippen LogP contribution in [0.1, 0.15) is 38.2 Å². The molecule has 0 radical (unpaired) electrons. The lowest BCUT2D eigenvalue weighted by molar-refractivity contribution is -0.173. The number of β-lactam (4-membered cyclic amide) rings is 1. The molecule has 1 saturated heterocycles. The Hall–Kier alpha value is -2.58. The van der Waals surface area contributed by atoms with Gasteiger partial charge >= 0.3 is 18.2 Å². The average Bonchev–Trinajstić information content (AvgIpc) is 2.68. The Morgan fingerprint density at radius 2 is 1.77 bits per heavy atom. The first-order valence-electron chi connectivity index (χ1n) is 10.1. The maximum atomic E-state index is 13.6. The highest BCUT2D eigenvalue weighted by atomic mass is 19.4. The molecule has 0 unspecified atom stereocenters. The smallest absolute Gasteiger partial charge is 0.408 e. The predicted molar refractivity (Wildman–Crippen MR) is 101 cm³/mol. The third-order valence-electron chi connectivity index (χ3n) is 6.15. The van der Waals surface area contributed by atoms with Crippen LogP contribution >= 0.6 is 0 Å². The number of hydrogen-bond donors (Lipinski definition) is 2. The first kappa shape index (κ1) is 22.1. The molecule has 1 aromatic carbocycles. The largest absolute Gasteiger partial charge is 0.480 e. The molecule has 0 bridgehead atoms. The summed E-state index contributed by atoms with van der Waals surface area (Å²) in [5, 5.41) is 11.4. The first-order valence-corrected chi connectivity index (χ1v) is 10.1. The number of aliphatic carboxylic acids is 1. The summed E-state index contributed by atoms with van der Waals surface area (Å²) in [6.45, 7) is 1.97. The van der Waals surface area contributed by atoms with Gasteiger partial charge in [0.15, 0.2) is 6.04 Å². The second kappa shape index (κ2) is 8.65. The van der Waals surface area contributed by atoms with Crippen LogP contribution in [0.4, 0.5) is 18.0 Å². The van der Waals surface area contributed by atoms with Gasteiger partial charge in [-0.3, -0.25) is 4.79 Å². The van der Waals surface area contributed by atoms with Crippen LogP contribution in [0, 0.1) is 17.8 Å². The number of imide groups is 1. The van der Waals surface area contributed by atoms with E-state index in [1.165, 1.54) is 0 Å². The molecule has 2 N–H and O–H groups in total. The molecule has 1 heterocycles. The van der Waals surface area contributed by atoms with Crippen LogP contribution < -0.4 is 5.32 Å². The van der Waals surface area contributed by atoms with Gasteiger partial charge in [-0.05, 0) is 36.7 Å². The number of alkyl halides is 3. The Kier molecular flexibility index (Phi) is 6.38. The molecule has 3 atom stereocenters. The van der Waals surface area contributed by atoms with Gasteiger partial charge in [0.1, 0.15) is 6.04 Å². The van der Waals surface area contributed by atoms with Gasteiger partial charge in [-0.15, -0.1) is 0 Å². The van der Waals surface area contributed by atoms with E-state index in [1.807, 2.05) is 12.2 Å². The number of carboxylic acid groups (broad SMARTS) is 1. The maximum Gasteiger partial charge on any atom is 0.408 e. The van der Waals surface area contributed by atoms with Gasteiger partial charge in [0.25, 0.3) is 0 Å². The number of likely N-dealkylation sites (tertiary alicyclic amines) is 1. The highest BCUT2D eigenvalue weighted by Gasteiger charge is 2.56. The van der Waals surface area contributed by atoms with Crippen LogP contribution in [0.2, 0.25) is 0 Å². The van der Waals surface area contributed by atoms with Gasteiger partial charge in [-0.2, -0.15) is 13.2 Å². The van der Waals surface area contributed by atoms with Crippen molar-refractivity contribution in [3.8, 4) is 0 Å². The summed E-state index contributed by atoms with van der Waals surface area (Å²) in [6, 6.07) is 3.79. The average molecular weight is 426 g/mol. The quantitative estimate of drug-likeness (QED) is 0.705. The lowest BCUT2D eigenvalue weighted by Gasteiger charge is -2.44. The topological polar surface area (TPSA) is 86.7 Å². The van der Waals surface area contributed by atoms with E-state index in [9.17, 15) is 32.7 Å². The summed E-state index contributed by atoms with van der Waals surface area (Å²) in [5.41, 5.74) is 0.714. The Morgan fingerprint density at radius 3 is 2.30 bits per heavy atom. The Labute approximate surface area is 172 Å². The molecule has 9 heteroatoms. The van der Waals surface area contributed by atoms with E-state index >= 15 is 0 Å². The number of benzene rings is 1. The Balaban J connectivity index is 1.72. The second-order valence-corrected chi connectivity index (χ2v) is 8.28. The van der Waals surface area contributed by atoms with Crippen LogP contribution in [0.5, 0.6) is 0 Å². The van der Waals surface area contributed by atoms with E-state index in [0.29, 0.717) is 42.1 Å². The zero-order chi connectivity index (χ0) is 22.1. The van der Waals surface area contributed by atoms with Gasteiger partial charge in [-0.25, -0.2) is 14.5 Å². The molecule has 0 aromatic heterocycles. The van der Waals surface area contributed by atoms with Crippen LogP contribution in [0.3, 0.4) is 0 Å². The van der Waals surface area contributed by atoms with E-state index in [1.54, 1.807) is 30.3 Å². The number of hydrogen-bond acceptors (Lipinski definition) is 3. The summed E-state index contributed by atoms with van der Waals surface area (Å²) in [7, 11) is 0. The molecule has 3 amide bonds. The van der Waals surface area contributed by atoms with Crippen LogP contribution in [-0.2, 0) is 16.0 Å². The molecule has 164 valence electrons. The molecule has 2 aliphatic rings. The van der Waals surface area contributed by atoms with E-state index in [4.69, 9.17) is 0 Å². The third-order valence-corrected chi connectivity index (χ3v) is 6.15. The summed E-state index contributed by atoms with van der Waals surface area (Å²) >= 11 is 0. The highest BCUT2D eigenvalue weighted by Crippen LogP contribution is 2.37. The minimum Gasteiger partial charge on any atom is -0.480 e. The molecule has 30 heavy (non-hydrogen) atoms. The summed E-state index contributed by atoms with van der Waals surface area (Å²) in [4.78, 5) is 37.1. The van der Waals surface area contributed by atoms with Gasteiger partial charge < -0.3 is 10.4 Å². The van der Waals surface area contributed by atoms with E-state index < -0.39 is 48.0 Å². The normalized spacial score (nSPS) is 27.9. The number of amides is 3. The minimum atomic E-state index is -4.68. The molecule has 1 aromatic rings. The first-order chi connectivity index (χ1) is 14.1. The zero-order valence-electron chi connectivity index (χ0n) is 16.6. The SMILES string of the molecule is CC1CCC([C@H](NC(=O)N2C(=O)[C@H](Cc3ccccc3)[C@H]2C(=O)O)C(F)(F)F)CC1. The van der Waals surface area contributed by atoms with E-state index in [2.05, 4.69) is 0 Å². The molecule has 3 rings (SSSR count). The molecule has 0 spiro atoms. The second-order valence-electron chi connectivity index (χ2n) is 8.28. The fraction of sp³-hybridized carbons (Fsp3) is 0.571. The van der Waals surface area contributed by atoms with E-state index in [-0.39, 0.29) is 6.42 Å². The fourth-order valence-corrected chi connectivity index (χ4v) is 4.41. The number of carboxylic acids is 1. The fourth-order valence-electron chi connectivity index (χ4n) is 4.41. The summed E-state index contributed by atoms with van der Waals surface area (Å²) in [6.07, 6.45) is -2.68.